The lowest BCUT2D eigenvalue weighted by molar-refractivity contribution is -0.134. The van der Waals surface area contributed by atoms with Gasteiger partial charge in [0.15, 0.2) is 35.0 Å². The summed E-state index contributed by atoms with van der Waals surface area (Å²) in [5.41, 5.74) is 2.60. The Labute approximate surface area is 271 Å². The Kier molecular flexibility index (Phi) is 7.54. The minimum Gasteiger partial charge on any atom is -0.469 e. The maximum absolute atomic E-state index is 14.1. The number of carbonyl (C=O) groups is 3. The van der Waals surface area contributed by atoms with Crippen molar-refractivity contribution >= 4 is 23.2 Å². The molecule has 2 aromatic carbocycles. The molecule has 1 spiro atoms. The highest BCUT2D eigenvalue weighted by molar-refractivity contribution is 5.91. The van der Waals surface area contributed by atoms with Gasteiger partial charge >= 0.3 is 5.97 Å². The summed E-state index contributed by atoms with van der Waals surface area (Å²) in [7, 11) is 1.27. The Hall–Kier alpha value is -4.77. The number of nitrogens with zero attached hydrogens (tertiary/aromatic N) is 2. The number of Topliss-reactive ketones (excluding diaryl/α,β-unsaturated/α-hetero) is 2. The highest BCUT2D eigenvalue weighted by Gasteiger charge is 2.61. The smallest absolute Gasteiger partial charge is 0.360 e. The quantitative estimate of drug-likeness (QED) is 0.248. The van der Waals surface area contributed by atoms with Gasteiger partial charge in [0.05, 0.1) is 7.11 Å². The second-order valence-electron chi connectivity index (χ2n) is 13.4. The van der Waals surface area contributed by atoms with Gasteiger partial charge in [-0.15, -0.1) is 0 Å². The lowest BCUT2D eigenvalue weighted by Gasteiger charge is -2.28. The van der Waals surface area contributed by atoms with E-state index in [0.717, 1.165) is 22.4 Å². The number of hydrogen-bond acceptors (Lipinski definition) is 11. The second-order valence-corrected chi connectivity index (χ2v) is 13.4. The van der Waals surface area contributed by atoms with E-state index in [1.165, 1.54) is 13.4 Å². The topological polar surface area (TPSA) is 154 Å². The molecule has 3 aliphatic heterocycles. The van der Waals surface area contributed by atoms with Crippen LogP contribution in [0.2, 0.25) is 0 Å². The molecule has 4 aromatic rings. The van der Waals surface area contributed by atoms with Crippen LogP contribution in [0.25, 0.3) is 11.6 Å². The van der Waals surface area contributed by atoms with E-state index >= 15 is 0 Å². The summed E-state index contributed by atoms with van der Waals surface area (Å²) in [4.78, 5) is 49.1. The van der Waals surface area contributed by atoms with Gasteiger partial charge in [-0.25, -0.2) is 14.8 Å². The van der Waals surface area contributed by atoms with Crippen LogP contribution in [-0.2, 0) is 26.2 Å². The third-order valence-electron chi connectivity index (χ3n) is 9.74. The van der Waals surface area contributed by atoms with Gasteiger partial charge in [-0.3, -0.25) is 9.59 Å². The van der Waals surface area contributed by atoms with E-state index in [9.17, 15) is 19.5 Å². The Morgan fingerprint density at radius 1 is 1.09 bits per heavy atom. The lowest BCUT2D eigenvalue weighted by Crippen LogP contribution is -2.40. The van der Waals surface area contributed by atoms with E-state index in [0.29, 0.717) is 23.8 Å². The number of ether oxygens (including phenoxy) is 2. The molecule has 2 aromatic heterocycles. The molecule has 0 fully saturated rings. The van der Waals surface area contributed by atoms with Crippen LogP contribution in [0.15, 0.2) is 57.6 Å². The standard InChI is InChI=1S/C36H37N3O8/c1-17(2)21-15-26(40)20(14-27(41)30(42)18(3)4)12-19-10-11-28-23(13-19)36(22-8-6-7-9-24(22)38-35(36)46-28)31-29(39-32(21)47-31)33-37-25(16-45-33)34(43)44-5/h6-11,13,16-18,20-21,30,35,38,42H,12,14-15H2,1-5H3/t20?,21-,30-,35?,36-/m0/s1. The molecular weight excluding hydrogens is 602 g/mol. The zero-order valence-electron chi connectivity index (χ0n) is 26.9. The van der Waals surface area contributed by atoms with Crippen LogP contribution in [0.1, 0.15) is 85.3 Å². The third-order valence-corrected chi connectivity index (χ3v) is 9.74. The zero-order valence-corrected chi connectivity index (χ0v) is 26.9. The number of aliphatic hydroxyl groups is 1. The van der Waals surface area contributed by atoms with Gasteiger partial charge in [0, 0.05) is 35.9 Å². The monoisotopic (exact) mass is 639 g/mol. The molecule has 4 bridgehead atoms. The summed E-state index contributed by atoms with van der Waals surface area (Å²) in [5.74, 6) is -1.19. The zero-order chi connectivity index (χ0) is 33.2. The van der Waals surface area contributed by atoms with Crippen molar-refractivity contribution in [2.45, 2.75) is 70.6 Å². The molecule has 244 valence electrons. The number of nitrogens with one attached hydrogen (secondary N) is 1. The molecule has 11 heteroatoms. The summed E-state index contributed by atoms with van der Waals surface area (Å²) in [6.07, 6.45) is -0.263. The number of ketones is 2. The van der Waals surface area contributed by atoms with E-state index in [-0.39, 0.29) is 53.5 Å². The molecule has 2 N–H and O–H groups in total. The first kappa shape index (κ1) is 30.9. The molecule has 47 heavy (non-hydrogen) atoms. The van der Waals surface area contributed by atoms with Gasteiger partial charge in [-0.1, -0.05) is 58.0 Å². The molecule has 0 radical (unpaired) electrons. The largest absolute Gasteiger partial charge is 0.469 e. The van der Waals surface area contributed by atoms with Crippen molar-refractivity contribution < 1.29 is 37.8 Å². The van der Waals surface area contributed by atoms with Crippen molar-refractivity contribution in [3.05, 3.63) is 82.8 Å². The molecular formula is C36H37N3O8. The number of anilines is 1. The van der Waals surface area contributed by atoms with Crippen LogP contribution < -0.4 is 10.1 Å². The Morgan fingerprint density at radius 2 is 1.87 bits per heavy atom. The molecule has 5 atom stereocenters. The predicted molar refractivity (Wildman–Crippen MR) is 169 cm³/mol. The molecule has 2 unspecified atom stereocenters. The minimum absolute atomic E-state index is 0.0213. The summed E-state index contributed by atoms with van der Waals surface area (Å²) in [6.45, 7) is 7.54. The van der Waals surface area contributed by atoms with Crippen LogP contribution in [0.3, 0.4) is 0 Å². The number of esters is 1. The first-order valence-electron chi connectivity index (χ1n) is 16.0. The van der Waals surface area contributed by atoms with Crippen molar-refractivity contribution in [3.63, 3.8) is 0 Å². The highest BCUT2D eigenvalue weighted by atomic mass is 16.5. The summed E-state index contributed by atoms with van der Waals surface area (Å²) >= 11 is 0. The van der Waals surface area contributed by atoms with E-state index in [4.69, 9.17) is 23.3 Å². The molecule has 0 saturated heterocycles. The van der Waals surface area contributed by atoms with Gasteiger partial charge < -0.3 is 28.7 Å². The molecule has 7 rings (SSSR count). The summed E-state index contributed by atoms with van der Waals surface area (Å²) in [5, 5.41) is 14.1. The molecule has 0 aliphatic carbocycles. The SMILES string of the molecule is COC(=O)c1coc(-c2nc3oc2[C@@]24c5ccccc5NC2Oc2ccc(cc24)CC(CC(=O)[C@@H](O)C(C)C)C(=O)C[C@H]3C(C)C)n1. The van der Waals surface area contributed by atoms with Crippen molar-refractivity contribution in [1.29, 1.82) is 0 Å². The van der Waals surface area contributed by atoms with Crippen molar-refractivity contribution in [3.8, 4) is 17.3 Å². The number of rotatable bonds is 7. The van der Waals surface area contributed by atoms with Gasteiger partial charge in [0.1, 0.15) is 29.3 Å². The number of benzene rings is 2. The molecule has 5 heterocycles. The van der Waals surface area contributed by atoms with Crippen molar-refractivity contribution in [1.82, 2.24) is 9.97 Å². The van der Waals surface area contributed by atoms with Crippen LogP contribution in [0.5, 0.6) is 5.75 Å². The van der Waals surface area contributed by atoms with Crippen LogP contribution >= 0.6 is 0 Å². The first-order valence-corrected chi connectivity index (χ1v) is 16.0. The molecule has 11 nitrogen and oxygen atoms in total. The van der Waals surface area contributed by atoms with Gasteiger partial charge in [0.2, 0.25) is 5.89 Å². The van der Waals surface area contributed by atoms with E-state index < -0.39 is 35.6 Å². The first-order chi connectivity index (χ1) is 22.5. The van der Waals surface area contributed by atoms with Crippen LogP contribution in [-0.4, -0.2) is 52.1 Å². The van der Waals surface area contributed by atoms with Crippen LogP contribution in [0, 0.1) is 17.8 Å². The average Bonchev–Trinajstić information content (AvgIpc) is 3.83. The van der Waals surface area contributed by atoms with Crippen LogP contribution in [0.4, 0.5) is 5.69 Å². The summed E-state index contributed by atoms with van der Waals surface area (Å²) < 4.78 is 24.1. The third kappa shape index (κ3) is 4.86. The fraction of sp³-hybridized carbons (Fsp3) is 0.417. The van der Waals surface area contributed by atoms with Gasteiger partial charge in [-0.2, -0.15) is 0 Å². The molecule has 0 saturated carbocycles. The number of fused-ring (bicyclic) bond motifs is 4. The van der Waals surface area contributed by atoms with Crippen molar-refractivity contribution in [2.24, 2.45) is 17.8 Å². The Balaban J connectivity index is 1.48. The molecule has 0 amide bonds. The normalized spacial score (nSPS) is 23.3. The Bertz CT molecular complexity index is 1890. The fourth-order valence-corrected chi connectivity index (χ4v) is 7.15. The number of hydrogen-bond donors (Lipinski definition) is 2. The Morgan fingerprint density at radius 3 is 2.62 bits per heavy atom. The number of aliphatic hydroxyl groups excluding tert-OH is 1. The van der Waals surface area contributed by atoms with Crippen molar-refractivity contribution in [2.75, 3.05) is 12.4 Å². The maximum Gasteiger partial charge on any atom is 0.360 e. The number of oxazole rings is 2. The average molecular weight is 640 g/mol. The molecule has 3 aliphatic rings. The number of aromatic nitrogens is 2. The lowest BCUT2D eigenvalue weighted by atomic mass is 9.72. The van der Waals surface area contributed by atoms with E-state index in [1.807, 2.05) is 56.3 Å². The van der Waals surface area contributed by atoms with Gasteiger partial charge in [0.25, 0.3) is 0 Å². The minimum atomic E-state index is -1.16. The fourth-order valence-electron chi connectivity index (χ4n) is 7.15. The number of carbonyl (C=O) groups excluding carboxylic acids is 3. The number of methoxy groups -OCH3 is 1. The second kappa shape index (κ2) is 11.5. The predicted octanol–water partition coefficient (Wildman–Crippen LogP) is 5.44. The summed E-state index contributed by atoms with van der Waals surface area (Å²) in [6, 6.07) is 13.7. The highest BCUT2D eigenvalue weighted by Crippen LogP contribution is 2.59. The number of para-hydroxylation sites is 1. The van der Waals surface area contributed by atoms with E-state index in [1.54, 1.807) is 13.8 Å². The van der Waals surface area contributed by atoms with E-state index in [2.05, 4.69) is 10.3 Å². The maximum atomic E-state index is 14.1. The van der Waals surface area contributed by atoms with Gasteiger partial charge in [-0.05, 0) is 41.5 Å².